The number of hydrogen-bond donors (Lipinski definition) is 3. The van der Waals surface area contributed by atoms with Crippen molar-refractivity contribution in [2.45, 2.75) is 0 Å². The van der Waals surface area contributed by atoms with Crippen LogP contribution in [0, 0.1) is 0 Å². The molecule has 0 saturated heterocycles. The normalized spacial score (nSPS) is 12.2. The van der Waals surface area contributed by atoms with Gasteiger partial charge in [-0.2, -0.15) is 16.8 Å². The summed E-state index contributed by atoms with van der Waals surface area (Å²) < 4.78 is 54.1. The van der Waals surface area contributed by atoms with Crippen LogP contribution in [-0.4, -0.2) is 52.0 Å². The number of nitrogens with zero attached hydrogens (tertiary/aromatic N) is 1. The highest BCUT2D eigenvalue weighted by atomic mass is 32.3. The Morgan fingerprint density at radius 1 is 0.923 bits per heavy atom. The Bertz CT molecular complexity index is 283. The van der Waals surface area contributed by atoms with Crippen LogP contribution in [0.2, 0.25) is 0 Å². The Hall–Kier alpha value is -0.260. The van der Waals surface area contributed by atoms with Gasteiger partial charge in [0.1, 0.15) is 0 Å². The van der Waals surface area contributed by atoms with Crippen molar-refractivity contribution in [2.24, 2.45) is 0 Å². The van der Waals surface area contributed by atoms with E-state index in [-0.39, 0.29) is 0 Å². The molecule has 8 nitrogen and oxygen atoms in total. The third-order valence-corrected chi connectivity index (χ3v) is 1.90. The predicted octanol–water partition coefficient (Wildman–Crippen LogP) is -1.64. The average Bonchev–Trinajstić information content (AvgIpc) is 1.47. The highest BCUT2D eigenvalue weighted by Gasteiger charge is 2.12. The van der Waals surface area contributed by atoms with Gasteiger partial charge in [0.25, 0.3) is 0 Å². The fraction of sp³-hybridized carbons (Fsp3) is 1.00. The first-order valence-corrected chi connectivity index (χ1v) is 5.66. The number of nitrogens with one attached hydrogen (secondary N) is 1. The highest BCUT2D eigenvalue weighted by Crippen LogP contribution is 1.77. The molecule has 0 aromatic heterocycles. The largest absolute Gasteiger partial charge is 0.348 e. The van der Waals surface area contributed by atoms with Crippen LogP contribution in [0.25, 0.3) is 0 Å². The molecule has 0 bridgehead atoms. The molecular weight excluding hydrogens is 224 g/mol. The summed E-state index contributed by atoms with van der Waals surface area (Å²) in [5.74, 6) is 0. The Labute approximate surface area is 77.3 Å². The molecule has 0 atom stereocenters. The third-order valence-electron chi connectivity index (χ3n) is 0.211. The van der Waals surface area contributed by atoms with E-state index in [0.717, 1.165) is 0 Å². The van der Waals surface area contributed by atoms with E-state index in [2.05, 4.69) is 0 Å². The van der Waals surface area contributed by atoms with Gasteiger partial charge < -0.3 is 4.90 Å². The first kappa shape index (κ1) is 15.2. The van der Waals surface area contributed by atoms with E-state index >= 15 is 0 Å². The van der Waals surface area contributed by atoms with E-state index in [1.54, 1.807) is 0 Å². The molecule has 0 rings (SSSR count). The zero-order valence-electron chi connectivity index (χ0n) is 7.29. The van der Waals surface area contributed by atoms with Gasteiger partial charge in [-0.15, -0.1) is 0 Å². The predicted molar refractivity (Wildman–Crippen MR) is 45.8 cm³/mol. The zero-order valence-corrected chi connectivity index (χ0v) is 8.92. The molecule has 0 saturated carbocycles. The zero-order chi connectivity index (χ0) is 11.3. The first-order chi connectivity index (χ1) is 5.44. The van der Waals surface area contributed by atoms with Gasteiger partial charge in [0.15, 0.2) is 0 Å². The van der Waals surface area contributed by atoms with Gasteiger partial charge in [-0.3, -0.25) is 9.11 Å². The van der Waals surface area contributed by atoms with Gasteiger partial charge in [-0.25, -0.2) is 0 Å². The van der Waals surface area contributed by atoms with Gasteiger partial charge in [-0.05, 0) is 21.1 Å². The van der Waals surface area contributed by atoms with E-state index < -0.39 is 20.6 Å². The van der Waals surface area contributed by atoms with Crippen LogP contribution in [0.5, 0.6) is 0 Å². The molecule has 0 spiro atoms. The average molecular weight is 236 g/mol. The van der Waals surface area contributed by atoms with Crippen molar-refractivity contribution >= 4 is 20.6 Å². The molecule has 0 aliphatic carbocycles. The van der Waals surface area contributed by atoms with Crippen LogP contribution in [-0.2, 0) is 20.6 Å². The maximum absolute atomic E-state index is 9.55. The Balaban J connectivity index is 0. The fourth-order valence-corrected chi connectivity index (χ4v) is 1.20. The maximum atomic E-state index is 9.55. The molecule has 3 N–H and O–H groups in total. The lowest BCUT2D eigenvalue weighted by Crippen LogP contribution is -2.28. The molecule has 0 aliphatic rings. The summed E-state index contributed by atoms with van der Waals surface area (Å²) in [4.78, 5) is 2.00. The minimum absolute atomic E-state index is 0.514. The maximum Gasteiger partial charge on any atom is 0.348 e. The fourth-order valence-electron chi connectivity index (χ4n) is 0.133. The molecule has 0 heterocycles. The van der Waals surface area contributed by atoms with Crippen molar-refractivity contribution in [1.29, 1.82) is 0 Å². The van der Waals surface area contributed by atoms with Crippen molar-refractivity contribution in [3.8, 4) is 0 Å². The summed E-state index contributed by atoms with van der Waals surface area (Å²) in [7, 11) is -3.74. The van der Waals surface area contributed by atoms with Crippen LogP contribution in [0.1, 0.15) is 0 Å². The van der Waals surface area contributed by atoms with Crippen LogP contribution >= 0.6 is 0 Å². The molecule has 0 aromatic rings. The second-order valence-electron chi connectivity index (χ2n) is 2.38. The SMILES string of the molecule is CN(C)C.O=S(=O)(O)NS(=O)(=O)O. The second-order valence-corrected chi connectivity index (χ2v) is 4.94. The van der Waals surface area contributed by atoms with Gasteiger partial charge >= 0.3 is 20.6 Å². The summed E-state index contributed by atoms with van der Waals surface area (Å²) in [6.07, 6.45) is 0. The first-order valence-electron chi connectivity index (χ1n) is 2.78. The molecule has 0 fully saturated rings. The lowest BCUT2D eigenvalue weighted by Gasteiger charge is -1.91. The van der Waals surface area contributed by atoms with Crippen LogP contribution in [0.15, 0.2) is 0 Å². The van der Waals surface area contributed by atoms with Crippen molar-refractivity contribution in [1.82, 2.24) is 9.03 Å². The van der Waals surface area contributed by atoms with Gasteiger partial charge in [0.05, 0.1) is 0 Å². The lowest BCUT2D eigenvalue weighted by molar-refractivity contribution is 0.456. The van der Waals surface area contributed by atoms with E-state index in [4.69, 9.17) is 9.11 Å². The van der Waals surface area contributed by atoms with E-state index in [1.165, 1.54) is 0 Å². The highest BCUT2D eigenvalue weighted by molar-refractivity contribution is 7.99. The van der Waals surface area contributed by atoms with E-state index in [0.29, 0.717) is 4.13 Å². The van der Waals surface area contributed by atoms with Crippen molar-refractivity contribution in [2.75, 3.05) is 21.1 Å². The Kier molecular flexibility index (Phi) is 6.40. The Morgan fingerprint density at radius 3 is 1.08 bits per heavy atom. The quantitative estimate of drug-likeness (QED) is 0.491. The number of rotatable bonds is 2. The topological polar surface area (TPSA) is 124 Å². The number of hydrogen-bond acceptors (Lipinski definition) is 5. The van der Waals surface area contributed by atoms with Gasteiger partial charge in [0.2, 0.25) is 0 Å². The molecular formula is C3H12N2O6S2. The van der Waals surface area contributed by atoms with Gasteiger partial charge in [-0.1, -0.05) is 4.13 Å². The molecule has 0 unspecified atom stereocenters. The van der Waals surface area contributed by atoms with Crippen molar-refractivity contribution < 1.29 is 25.9 Å². The standard InChI is InChI=1S/C3H9N.H3NO6S2/c1-4(2)3;2-8(3,4)1-9(5,6)7/h1-3H3;1H,(H,2,3,4)(H,5,6,7). The molecule has 82 valence electrons. The molecule has 0 aromatic carbocycles. The second kappa shape index (κ2) is 5.47. The molecule has 0 radical (unpaired) electrons. The minimum Gasteiger partial charge on any atom is -0.312 e. The van der Waals surface area contributed by atoms with Crippen LogP contribution < -0.4 is 4.13 Å². The van der Waals surface area contributed by atoms with Crippen LogP contribution in [0.3, 0.4) is 0 Å². The summed E-state index contributed by atoms with van der Waals surface area (Å²) >= 11 is 0. The van der Waals surface area contributed by atoms with Gasteiger partial charge in [0, 0.05) is 0 Å². The third kappa shape index (κ3) is 33.8. The summed E-state index contributed by atoms with van der Waals surface area (Å²) in [6, 6.07) is 0. The summed E-state index contributed by atoms with van der Waals surface area (Å²) in [5.41, 5.74) is 0. The molecule has 13 heavy (non-hydrogen) atoms. The van der Waals surface area contributed by atoms with E-state index in [9.17, 15) is 16.8 Å². The lowest BCUT2D eigenvalue weighted by atomic mass is 11.0. The summed E-state index contributed by atoms with van der Waals surface area (Å²) in [6.45, 7) is 0. The molecule has 0 amide bonds. The molecule has 0 aliphatic heterocycles. The van der Waals surface area contributed by atoms with Crippen molar-refractivity contribution in [3.05, 3.63) is 0 Å². The minimum atomic E-state index is -4.87. The Morgan fingerprint density at radius 2 is 1.08 bits per heavy atom. The monoisotopic (exact) mass is 236 g/mol. The van der Waals surface area contributed by atoms with Crippen molar-refractivity contribution in [3.63, 3.8) is 0 Å². The smallest absolute Gasteiger partial charge is 0.312 e. The van der Waals surface area contributed by atoms with E-state index in [1.807, 2.05) is 26.0 Å². The van der Waals surface area contributed by atoms with Crippen LogP contribution in [0.4, 0.5) is 0 Å². The summed E-state index contributed by atoms with van der Waals surface area (Å²) in [5, 5.41) is 0. The molecule has 10 heteroatoms.